The molecule has 0 aliphatic rings. The first kappa shape index (κ1) is 21.1. The van der Waals surface area contributed by atoms with E-state index < -0.39 is 12.6 Å². The minimum Gasteiger partial charge on any atom is -0.481 e. The number of para-hydroxylation sites is 1. The molecule has 154 valence electrons. The molecule has 1 aromatic heterocycles. The standard InChI is InChI=1S/C20H19N5O4S/c1-25-13-22-24-20(25)30-12-14-6-8-15(9-7-14)19(28)23-21-10-16-4-2-3-5-17(16)29-11-18(26)27/h2-10,13H,11-12H2,1H3,(H,23,28)(H,26,27)/b21-10+. The third-order valence-electron chi connectivity index (χ3n) is 3.89. The fourth-order valence-electron chi connectivity index (χ4n) is 2.39. The second-order valence-corrected chi connectivity index (χ2v) is 7.07. The Balaban J connectivity index is 1.55. The van der Waals surface area contributed by atoms with Gasteiger partial charge in [0.15, 0.2) is 11.8 Å². The molecule has 2 N–H and O–H groups in total. The zero-order valence-electron chi connectivity index (χ0n) is 16.1. The number of aliphatic carboxylic acids is 1. The van der Waals surface area contributed by atoms with Crippen LogP contribution in [-0.4, -0.2) is 44.6 Å². The molecule has 0 unspecified atom stereocenters. The van der Waals surface area contributed by atoms with Crippen LogP contribution in [0, 0.1) is 0 Å². The number of carboxylic acid groups (broad SMARTS) is 1. The van der Waals surface area contributed by atoms with Crippen LogP contribution in [-0.2, 0) is 17.6 Å². The van der Waals surface area contributed by atoms with Crippen LogP contribution in [0.2, 0.25) is 0 Å². The smallest absolute Gasteiger partial charge is 0.341 e. The van der Waals surface area contributed by atoms with Gasteiger partial charge < -0.3 is 14.4 Å². The average Bonchev–Trinajstić information content (AvgIpc) is 3.16. The van der Waals surface area contributed by atoms with E-state index in [0.717, 1.165) is 10.7 Å². The molecule has 1 heterocycles. The van der Waals surface area contributed by atoms with Gasteiger partial charge in [0.2, 0.25) is 0 Å². The molecule has 10 heteroatoms. The number of carbonyl (C=O) groups excluding carboxylic acids is 1. The Labute approximate surface area is 176 Å². The number of amides is 1. The number of hydrazone groups is 1. The molecule has 0 spiro atoms. The number of aryl methyl sites for hydroxylation is 1. The van der Waals surface area contributed by atoms with Gasteiger partial charge in [-0.2, -0.15) is 5.10 Å². The number of aromatic nitrogens is 3. The summed E-state index contributed by atoms with van der Waals surface area (Å²) in [6.07, 6.45) is 3.05. The molecule has 9 nitrogen and oxygen atoms in total. The predicted molar refractivity (Wildman–Crippen MR) is 112 cm³/mol. The van der Waals surface area contributed by atoms with E-state index in [1.54, 1.807) is 54.5 Å². The number of hydrogen-bond acceptors (Lipinski definition) is 7. The van der Waals surface area contributed by atoms with Crippen molar-refractivity contribution >= 4 is 29.9 Å². The van der Waals surface area contributed by atoms with Crippen LogP contribution in [0.3, 0.4) is 0 Å². The van der Waals surface area contributed by atoms with Gasteiger partial charge in [-0.3, -0.25) is 4.79 Å². The van der Waals surface area contributed by atoms with E-state index in [9.17, 15) is 9.59 Å². The molecule has 2 aromatic carbocycles. The van der Waals surface area contributed by atoms with E-state index in [2.05, 4.69) is 20.7 Å². The van der Waals surface area contributed by atoms with Crippen molar-refractivity contribution in [2.45, 2.75) is 10.9 Å². The van der Waals surface area contributed by atoms with Crippen LogP contribution in [0.1, 0.15) is 21.5 Å². The first-order valence-corrected chi connectivity index (χ1v) is 9.84. The van der Waals surface area contributed by atoms with Gasteiger partial charge in [-0.1, -0.05) is 36.0 Å². The van der Waals surface area contributed by atoms with E-state index >= 15 is 0 Å². The number of thioether (sulfide) groups is 1. The molecule has 0 bridgehead atoms. The highest BCUT2D eigenvalue weighted by Crippen LogP contribution is 2.20. The Kier molecular flexibility index (Phi) is 7.17. The van der Waals surface area contributed by atoms with Gasteiger partial charge in [-0.25, -0.2) is 10.2 Å². The van der Waals surface area contributed by atoms with Gasteiger partial charge in [0.1, 0.15) is 12.1 Å². The number of hydrogen-bond donors (Lipinski definition) is 2. The third kappa shape index (κ3) is 5.92. The van der Waals surface area contributed by atoms with Gasteiger partial charge in [0.05, 0.1) is 6.21 Å². The number of ether oxygens (including phenoxy) is 1. The fraction of sp³-hybridized carbons (Fsp3) is 0.150. The van der Waals surface area contributed by atoms with Crippen molar-refractivity contribution in [3.63, 3.8) is 0 Å². The Morgan fingerprint density at radius 1 is 1.23 bits per heavy atom. The summed E-state index contributed by atoms with van der Waals surface area (Å²) in [6, 6.07) is 14.0. The number of carbonyl (C=O) groups is 2. The lowest BCUT2D eigenvalue weighted by Crippen LogP contribution is -2.17. The number of carboxylic acids is 1. The maximum absolute atomic E-state index is 12.3. The van der Waals surface area contributed by atoms with Crippen LogP contribution in [0.25, 0.3) is 0 Å². The molecule has 0 aliphatic heterocycles. The van der Waals surface area contributed by atoms with Crippen molar-refractivity contribution in [2.24, 2.45) is 12.1 Å². The highest BCUT2D eigenvalue weighted by atomic mass is 32.2. The molecule has 0 aliphatic carbocycles. The van der Waals surface area contributed by atoms with Crippen LogP contribution < -0.4 is 10.2 Å². The van der Waals surface area contributed by atoms with Gasteiger partial charge in [-0.15, -0.1) is 10.2 Å². The van der Waals surface area contributed by atoms with Gasteiger partial charge >= 0.3 is 5.97 Å². The summed E-state index contributed by atoms with van der Waals surface area (Å²) in [6.45, 7) is -0.460. The molecule has 0 saturated heterocycles. The van der Waals surface area contributed by atoms with Crippen LogP contribution in [0.5, 0.6) is 5.75 Å². The molecule has 0 atom stereocenters. The summed E-state index contributed by atoms with van der Waals surface area (Å²) in [4.78, 5) is 22.9. The highest BCUT2D eigenvalue weighted by Gasteiger charge is 2.07. The second-order valence-electron chi connectivity index (χ2n) is 6.13. The van der Waals surface area contributed by atoms with E-state index in [0.29, 0.717) is 22.6 Å². The third-order valence-corrected chi connectivity index (χ3v) is 5.00. The van der Waals surface area contributed by atoms with Crippen molar-refractivity contribution in [2.75, 3.05) is 6.61 Å². The molecular weight excluding hydrogens is 406 g/mol. The molecule has 3 aromatic rings. The SMILES string of the molecule is Cn1cnnc1SCc1ccc(C(=O)N/N=C/c2ccccc2OCC(=O)O)cc1. The van der Waals surface area contributed by atoms with Crippen LogP contribution in [0.15, 0.2) is 65.1 Å². The summed E-state index contributed by atoms with van der Waals surface area (Å²) in [7, 11) is 1.88. The number of rotatable bonds is 9. The lowest BCUT2D eigenvalue weighted by atomic mass is 10.1. The zero-order chi connectivity index (χ0) is 21.3. The Morgan fingerprint density at radius 3 is 2.70 bits per heavy atom. The molecule has 3 rings (SSSR count). The zero-order valence-corrected chi connectivity index (χ0v) is 16.9. The Hall–Kier alpha value is -3.66. The fourth-order valence-corrected chi connectivity index (χ4v) is 3.23. The highest BCUT2D eigenvalue weighted by molar-refractivity contribution is 7.98. The van der Waals surface area contributed by atoms with Crippen molar-refractivity contribution < 1.29 is 19.4 Å². The van der Waals surface area contributed by atoms with Gasteiger partial charge in [0.25, 0.3) is 5.91 Å². The number of benzene rings is 2. The van der Waals surface area contributed by atoms with E-state index in [1.165, 1.54) is 6.21 Å². The molecule has 0 radical (unpaired) electrons. The quantitative estimate of drug-likeness (QED) is 0.307. The van der Waals surface area contributed by atoms with E-state index in [1.807, 2.05) is 23.7 Å². The predicted octanol–water partition coefficient (Wildman–Crippen LogP) is 2.33. The number of nitrogens with zero attached hydrogens (tertiary/aromatic N) is 4. The molecule has 1 amide bonds. The van der Waals surface area contributed by atoms with Crippen LogP contribution in [0.4, 0.5) is 0 Å². The monoisotopic (exact) mass is 425 g/mol. The summed E-state index contributed by atoms with van der Waals surface area (Å²) in [5, 5.41) is 21.3. The van der Waals surface area contributed by atoms with Gasteiger partial charge in [-0.05, 0) is 29.8 Å². The Bertz CT molecular complexity index is 1050. The normalized spacial score (nSPS) is 10.8. The first-order valence-electron chi connectivity index (χ1n) is 8.85. The maximum atomic E-state index is 12.3. The molecular formula is C20H19N5O4S. The second kappa shape index (κ2) is 10.2. The molecule has 0 saturated carbocycles. The minimum atomic E-state index is -1.08. The minimum absolute atomic E-state index is 0.359. The summed E-state index contributed by atoms with van der Waals surface area (Å²) >= 11 is 1.56. The lowest BCUT2D eigenvalue weighted by molar-refractivity contribution is -0.139. The summed E-state index contributed by atoms with van der Waals surface area (Å²) in [5.74, 6) is -0.362. The summed E-state index contributed by atoms with van der Waals surface area (Å²) in [5.41, 5.74) is 4.52. The maximum Gasteiger partial charge on any atom is 0.341 e. The lowest BCUT2D eigenvalue weighted by Gasteiger charge is -2.06. The topological polar surface area (TPSA) is 119 Å². The average molecular weight is 425 g/mol. The summed E-state index contributed by atoms with van der Waals surface area (Å²) < 4.78 is 7.04. The van der Waals surface area contributed by atoms with Crippen molar-refractivity contribution in [3.8, 4) is 5.75 Å². The van der Waals surface area contributed by atoms with E-state index in [-0.39, 0.29) is 5.91 Å². The Morgan fingerprint density at radius 2 is 2.00 bits per heavy atom. The molecule has 30 heavy (non-hydrogen) atoms. The van der Waals surface area contributed by atoms with Crippen molar-refractivity contribution in [3.05, 3.63) is 71.5 Å². The molecule has 0 fully saturated rings. The van der Waals surface area contributed by atoms with Gasteiger partial charge in [0, 0.05) is 23.9 Å². The first-order chi connectivity index (χ1) is 14.5. The van der Waals surface area contributed by atoms with E-state index in [4.69, 9.17) is 9.84 Å². The van der Waals surface area contributed by atoms with Crippen LogP contribution >= 0.6 is 11.8 Å². The van der Waals surface area contributed by atoms with Crippen molar-refractivity contribution in [1.82, 2.24) is 20.2 Å². The number of nitrogens with one attached hydrogen (secondary N) is 1. The largest absolute Gasteiger partial charge is 0.481 e. The van der Waals surface area contributed by atoms with Crippen molar-refractivity contribution in [1.29, 1.82) is 0 Å².